The summed E-state index contributed by atoms with van der Waals surface area (Å²) in [4.78, 5) is 9.87. The van der Waals surface area contributed by atoms with Crippen molar-refractivity contribution in [2.24, 2.45) is 11.8 Å². The summed E-state index contributed by atoms with van der Waals surface area (Å²) in [6.45, 7) is 6.58. The van der Waals surface area contributed by atoms with E-state index < -0.39 is 0 Å². The Balaban J connectivity index is 3.48. The zero-order valence-electron chi connectivity index (χ0n) is 7.00. The first kappa shape index (κ1) is 9.41. The van der Waals surface area contributed by atoms with Crippen molar-refractivity contribution in [2.45, 2.75) is 27.2 Å². The van der Waals surface area contributed by atoms with Gasteiger partial charge in [0.15, 0.2) is 0 Å². The van der Waals surface area contributed by atoms with E-state index in [0.29, 0.717) is 11.8 Å². The predicted molar refractivity (Wildman–Crippen MR) is 43.8 cm³/mol. The van der Waals surface area contributed by atoms with Crippen LogP contribution in [0, 0.1) is 11.8 Å². The van der Waals surface area contributed by atoms with Crippen molar-refractivity contribution in [3.8, 4) is 0 Å². The molecule has 1 atom stereocenters. The van der Waals surface area contributed by atoms with Crippen LogP contribution in [0.15, 0.2) is 12.2 Å². The average molecular weight is 140 g/mol. The second-order valence-corrected chi connectivity index (χ2v) is 3.02. The van der Waals surface area contributed by atoms with E-state index in [1.54, 1.807) is 6.08 Å². The molecule has 0 aliphatic heterocycles. The fourth-order valence-corrected chi connectivity index (χ4v) is 0.621. The Labute approximate surface area is 63.1 Å². The maximum Gasteiger partial charge on any atom is 0.142 e. The first-order valence-electron chi connectivity index (χ1n) is 3.78. The van der Waals surface area contributed by atoms with Gasteiger partial charge in [0.2, 0.25) is 0 Å². The van der Waals surface area contributed by atoms with E-state index >= 15 is 0 Å². The Bertz CT molecular complexity index is 114. The maximum absolute atomic E-state index is 9.87. The number of carbonyl (C=O) groups excluding carboxylic acids is 1. The smallest absolute Gasteiger partial charge is 0.142 e. The van der Waals surface area contributed by atoms with Crippen molar-refractivity contribution < 1.29 is 4.79 Å². The Kier molecular flexibility index (Phi) is 4.91. The van der Waals surface area contributed by atoms with E-state index in [1.165, 1.54) is 0 Å². The average Bonchev–Trinajstić information content (AvgIpc) is 1.88. The second-order valence-electron chi connectivity index (χ2n) is 3.02. The number of hydrogen-bond acceptors (Lipinski definition) is 1. The number of allylic oxidation sites excluding steroid dienone is 2. The molecule has 0 aliphatic rings. The zero-order chi connectivity index (χ0) is 7.98. The molecule has 1 heteroatoms. The summed E-state index contributed by atoms with van der Waals surface area (Å²) in [5, 5.41) is 0. The maximum atomic E-state index is 9.87. The first-order chi connectivity index (χ1) is 4.68. The molecule has 0 aromatic rings. The summed E-state index contributed by atoms with van der Waals surface area (Å²) < 4.78 is 0. The van der Waals surface area contributed by atoms with Gasteiger partial charge in [0.1, 0.15) is 6.29 Å². The minimum Gasteiger partial charge on any atom is -0.299 e. The van der Waals surface area contributed by atoms with Crippen LogP contribution in [-0.4, -0.2) is 6.29 Å². The van der Waals surface area contributed by atoms with Crippen LogP contribution in [0.3, 0.4) is 0 Å². The van der Waals surface area contributed by atoms with E-state index in [9.17, 15) is 4.79 Å². The number of carbonyl (C=O) groups is 1. The third-order valence-electron chi connectivity index (χ3n) is 1.86. The Hall–Kier alpha value is -0.590. The lowest BCUT2D eigenvalue weighted by molar-refractivity contribution is -0.104. The molecular formula is C9H16O. The molecule has 1 nitrogen and oxygen atoms in total. The molecular weight excluding hydrogens is 124 g/mol. The van der Waals surface area contributed by atoms with Crippen LogP contribution in [-0.2, 0) is 4.79 Å². The van der Waals surface area contributed by atoms with E-state index in [-0.39, 0.29) is 0 Å². The molecule has 0 saturated heterocycles. The molecule has 0 spiro atoms. The molecule has 1 unspecified atom stereocenters. The van der Waals surface area contributed by atoms with E-state index in [2.05, 4.69) is 20.8 Å². The van der Waals surface area contributed by atoms with Gasteiger partial charge in [-0.1, -0.05) is 26.8 Å². The quantitative estimate of drug-likeness (QED) is 0.433. The van der Waals surface area contributed by atoms with Crippen LogP contribution in [0.1, 0.15) is 27.2 Å². The van der Waals surface area contributed by atoms with E-state index in [4.69, 9.17) is 0 Å². The zero-order valence-corrected chi connectivity index (χ0v) is 7.00. The van der Waals surface area contributed by atoms with Crippen LogP contribution < -0.4 is 0 Å². The fourth-order valence-electron chi connectivity index (χ4n) is 0.621. The van der Waals surface area contributed by atoms with Gasteiger partial charge in [0, 0.05) is 0 Å². The van der Waals surface area contributed by atoms with Gasteiger partial charge in [0.05, 0.1) is 0 Å². The van der Waals surface area contributed by atoms with Crippen LogP contribution in [0.5, 0.6) is 0 Å². The van der Waals surface area contributed by atoms with Gasteiger partial charge in [-0.05, 0) is 24.3 Å². The number of rotatable bonds is 4. The molecule has 0 amide bonds. The van der Waals surface area contributed by atoms with Crippen LogP contribution in [0.2, 0.25) is 0 Å². The lowest BCUT2D eigenvalue weighted by atomic mass is 9.95. The fraction of sp³-hybridized carbons (Fsp3) is 0.667. The minimum absolute atomic E-state index is 0.677. The van der Waals surface area contributed by atoms with Crippen LogP contribution >= 0.6 is 0 Å². The van der Waals surface area contributed by atoms with Crippen molar-refractivity contribution in [2.75, 3.05) is 0 Å². The van der Waals surface area contributed by atoms with Crippen molar-refractivity contribution in [3.63, 3.8) is 0 Å². The lowest BCUT2D eigenvalue weighted by Crippen LogP contribution is -2.01. The van der Waals surface area contributed by atoms with Crippen molar-refractivity contribution in [1.82, 2.24) is 0 Å². The first-order valence-corrected chi connectivity index (χ1v) is 3.78. The van der Waals surface area contributed by atoms with Gasteiger partial charge in [-0.25, -0.2) is 0 Å². The highest BCUT2D eigenvalue weighted by molar-refractivity contribution is 5.64. The normalized spacial score (nSPS) is 14.4. The molecule has 0 N–H and O–H groups in total. The Morgan fingerprint density at radius 2 is 1.90 bits per heavy atom. The van der Waals surface area contributed by atoms with Crippen molar-refractivity contribution >= 4 is 6.29 Å². The lowest BCUT2D eigenvalue weighted by Gasteiger charge is -2.11. The summed E-state index contributed by atoms with van der Waals surface area (Å²) in [7, 11) is 0. The summed E-state index contributed by atoms with van der Waals surface area (Å²) >= 11 is 0. The van der Waals surface area contributed by atoms with Gasteiger partial charge < -0.3 is 0 Å². The minimum atomic E-state index is 0.677. The molecule has 58 valence electrons. The largest absolute Gasteiger partial charge is 0.299 e. The number of hydrogen-bond donors (Lipinski definition) is 0. The van der Waals surface area contributed by atoms with Gasteiger partial charge in [0.25, 0.3) is 0 Å². The molecule has 0 aliphatic carbocycles. The summed E-state index contributed by atoms with van der Waals surface area (Å²) in [5.41, 5.74) is 0. The van der Waals surface area contributed by atoms with Gasteiger partial charge in [-0.15, -0.1) is 0 Å². The molecule has 0 rings (SSSR count). The number of aldehydes is 1. The highest BCUT2D eigenvalue weighted by Crippen LogP contribution is 2.13. The third-order valence-corrected chi connectivity index (χ3v) is 1.86. The topological polar surface area (TPSA) is 17.1 Å². The molecule has 0 aromatic carbocycles. The molecule has 0 radical (unpaired) electrons. The predicted octanol–water partition coefficient (Wildman–Crippen LogP) is 2.42. The highest BCUT2D eigenvalue weighted by atomic mass is 16.1. The van der Waals surface area contributed by atoms with Crippen molar-refractivity contribution in [1.29, 1.82) is 0 Å². The second kappa shape index (κ2) is 5.21. The monoisotopic (exact) mass is 140 g/mol. The molecule has 0 bridgehead atoms. The van der Waals surface area contributed by atoms with E-state index in [0.717, 1.165) is 12.7 Å². The summed E-state index contributed by atoms with van der Waals surface area (Å²) in [6.07, 6.45) is 5.33. The van der Waals surface area contributed by atoms with Gasteiger partial charge >= 0.3 is 0 Å². The van der Waals surface area contributed by atoms with Crippen molar-refractivity contribution in [3.05, 3.63) is 12.2 Å². The van der Waals surface area contributed by atoms with E-state index in [1.807, 2.05) is 6.08 Å². The standard InChI is InChI=1S/C9H16O/c1-8(2)9(3)6-4-5-7-10/h4-5,7-9H,6H2,1-3H3/b5-4-. The highest BCUT2D eigenvalue weighted by Gasteiger charge is 2.02. The van der Waals surface area contributed by atoms with Gasteiger partial charge in [-0.3, -0.25) is 4.79 Å². The molecule has 0 heterocycles. The summed E-state index contributed by atoms with van der Waals surface area (Å²) in [5.74, 6) is 1.38. The third kappa shape index (κ3) is 4.30. The Morgan fingerprint density at radius 1 is 1.30 bits per heavy atom. The van der Waals surface area contributed by atoms with Gasteiger partial charge in [-0.2, -0.15) is 0 Å². The Morgan fingerprint density at radius 3 is 2.30 bits per heavy atom. The summed E-state index contributed by atoms with van der Waals surface area (Å²) in [6, 6.07) is 0. The van der Waals surface area contributed by atoms with Crippen LogP contribution in [0.25, 0.3) is 0 Å². The SMILES string of the molecule is CC(C)C(C)C/C=C\C=O. The van der Waals surface area contributed by atoms with Crippen LogP contribution in [0.4, 0.5) is 0 Å². The molecule has 0 aromatic heterocycles. The molecule has 0 saturated carbocycles. The molecule has 10 heavy (non-hydrogen) atoms. The molecule has 0 fully saturated rings.